The lowest BCUT2D eigenvalue weighted by atomic mass is 10.1. The second-order valence-corrected chi connectivity index (χ2v) is 10.1. The third kappa shape index (κ3) is 5.87. The zero-order valence-corrected chi connectivity index (χ0v) is 19.2. The number of amides is 1. The SMILES string of the molecule is CSc1ccc(NC(=O)COC(=O)c2cc(S(=O)(=O)N3CCCCC3)ccc2C)cc1. The summed E-state index contributed by atoms with van der Waals surface area (Å²) in [5.74, 6) is -1.21. The van der Waals surface area contributed by atoms with Crippen LogP contribution in [0.1, 0.15) is 35.2 Å². The van der Waals surface area contributed by atoms with E-state index >= 15 is 0 Å². The maximum atomic E-state index is 12.9. The summed E-state index contributed by atoms with van der Waals surface area (Å²) < 4.78 is 32.4. The van der Waals surface area contributed by atoms with Crippen LogP contribution in [-0.2, 0) is 19.6 Å². The molecule has 1 amide bonds. The highest BCUT2D eigenvalue weighted by molar-refractivity contribution is 7.98. The summed E-state index contributed by atoms with van der Waals surface area (Å²) in [6.07, 6.45) is 4.63. The number of benzene rings is 2. The van der Waals surface area contributed by atoms with Gasteiger partial charge in [0.05, 0.1) is 10.5 Å². The molecular formula is C22H26N2O5S2. The van der Waals surface area contributed by atoms with E-state index in [4.69, 9.17) is 4.74 Å². The van der Waals surface area contributed by atoms with Crippen LogP contribution in [0.3, 0.4) is 0 Å². The number of carbonyl (C=O) groups excluding carboxylic acids is 2. The van der Waals surface area contributed by atoms with Crippen molar-refractivity contribution >= 4 is 39.3 Å². The smallest absolute Gasteiger partial charge is 0.338 e. The van der Waals surface area contributed by atoms with E-state index in [9.17, 15) is 18.0 Å². The molecule has 0 aromatic heterocycles. The van der Waals surface area contributed by atoms with E-state index in [0.29, 0.717) is 24.3 Å². The normalized spacial score (nSPS) is 14.8. The van der Waals surface area contributed by atoms with Crippen molar-refractivity contribution in [3.8, 4) is 0 Å². The van der Waals surface area contributed by atoms with E-state index in [-0.39, 0.29) is 10.5 Å². The van der Waals surface area contributed by atoms with Crippen LogP contribution in [0.5, 0.6) is 0 Å². The zero-order valence-electron chi connectivity index (χ0n) is 17.6. The molecule has 0 radical (unpaired) electrons. The molecule has 1 aliphatic rings. The Balaban J connectivity index is 1.65. The number of piperidine rings is 1. The van der Waals surface area contributed by atoms with Crippen LogP contribution >= 0.6 is 11.8 Å². The van der Waals surface area contributed by atoms with Crippen molar-refractivity contribution in [1.82, 2.24) is 4.31 Å². The highest BCUT2D eigenvalue weighted by atomic mass is 32.2. The molecular weight excluding hydrogens is 436 g/mol. The van der Waals surface area contributed by atoms with Crippen molar-refractivity contribution in [2.24, 2.45) is 0 Å². The summed E-state index contributed by atoms with van der Waals surface area (Å²) in [7, 11) is -3.67. The molecule has 1 heterocycles. The van der Waals surface area contributed by atoms with Gasteiger partial charge in [0, 0.05) is 23.7 Å². The number of aryl methyl sites for hydroxylation is 1. The van der Waals surface area contributed by atoms with Gasteiger partial charge in [0.2, 0.25) is 10.0 Å². The van der Waals surface area contributed by atoms with Crippen LogP contribution in [0.4, 0.5) is 5.69 Å². The predicted octanol–water partition coefficient (Wildman–Crippen LogP) is 3.69. The second kappa shape index (κ2) is 10.3. The number of thioether (sulfide) groups is 1. The topological polar surface area (TPSA) is 92.8 Å². The number of carbonyl (C=O) groups is 2. The van der Waals surface area contributed by atoms with Crippen molar-refractivity contribution in [3.05, 3.63) is 53.6 Å². The van der Waals surface area contributed by atoms with Crippen molar-refractivity contribution < 1.29 is 22.7 Å². The van der Waals surface area contributed by atoms with E-state index in [2.05, 4.69) is 5.32 Å². The standard InChI is InChI=1S/C22H26N2O5S2/c1-16-6-11-19(31(27,28)24-12-4-3-5-13-24)14-20(16)22(26)29-15-21(25)23-17-7-9-18(30-2)10-8-17/h6-11,14H,3-5,12-13,15H2,1-2H3,(H,23,25). The first-order chi connectivity index (χ1) is 14.8. The summed E-state index contributed by atoms with van der Waals surface area (Å²) in [6.45, 7) is 2.19. The van der Waals surface area contributed by atoms with Gasteiger partial charge in [-0.15, -0.1) is 11.8 Å². The van der Waals surface area contributed by atoms with E-state index in [1.54, 1.807) is 36.9 Å². The average Bonchev–Trinajstić information content (AvgIpc) is 2.78. The van der Waals surface area contributed by atoms with Crippen LogP contribution in [0.25, 0.3) is 0 Å². The Labute approximate surface area is 187 Å². The summed E-state index contributed by atoms with van der Waals surface area (Å²) in [5.41, 5.74) is 1.32. The number of hydrogen-bond donors (Lipinski definition) is 1. The molecule has 31 heavy (non-hydrogen) atoms. The minimum absolute atomic E-state index is 0.0604. The molecule has 2 aromatic carbocycles. The summed E-state index contributed by atoms with van der Waals surface area (Å²) in [5, 5.41) is 2.67. The lowest BCUT2D eigenvalue weighted by Gasteiger charge is -2.26. The lowest BCUT2D eigenvalue weighted by molar-refractivity contribution is -0.119. The number of anilines is 1. The number of ether oxygens (including phenoxy) is 1. The minimum atomic E-state index is -3.67. The van der Waals surface area contributed by atoms with Gasteiger partial charge < -0.3 is 10.1 Å². The van der Waals surface area contributed by atoms with Crippen molar-refractivity contribution in [3.63, 3.8) is 0 Å². The minimum Gasteiger partial charge on any atom is -0.452 e. The van der Waals surface area contributed by atoms with Gasteiger partial charge in [-0.25, -0.2) is 13.2 Å². The number of esters is 1. The summed E-state index contributed by atoms with van der Waals surface area (Å²) >= 11 is 1.59. The molecule has 1 aliphatic heterocycles. The molecule has 166 valence electrons. The van der Waals surface area contributed by atoms with Gasteiger partial charge in [0.1, 0.15) is 0 Å². The Morgan fingerprint density at radius 2 is 1.74 bits per heavy atom. The number of nitrogens with zero attached hydrogens (tertiary/aromatic N) is 1. The maximum absolute atomic E-state index is 12.9. The molecule has 0 aliphatic carbocycles. The van der Waals surface area contributed by atoms with Gasteiger partial charge in [0.25, 0.3) is 5.91 Å². The van der Waals surface area contributed by atoms with Crippen molar-refractivity contribution in [1.29, 1.82) is 0 Å². The third-order valence-corrected chi connectivity index (χ3v) is 7.73. The Bertz CT molecular complexity index is 1050. The number of rotatable bonds is 7. The van der Waals surface area contributed by atoms with Gasteiger partial charge in [-0.2, -0.15) is 4.31 Å². The Kier molecular flexibility index (Phi) is 7.74. The fourth-order valence-electron chi connectivity index (χ4n) is 3.32. The quantitative estimate of drug-likeness (QED) is 0.498. The highest BCUT2D eigenvalue weighted by Gasteiger charge is 2.27. The fraction of sp³-hybridized carbons (Fsp3) is 0.364. The molecule has 2 aromatic rings. The van der Waals surface area contributed by atoms with Crippen LogP contribution in [0, 0.1) is 6.92 Å². The molecule has 0 saturated carbocycles. The molecule has 7 nitrogen and oxygen atoms in total. The second-order valence-electron chi connectivity index (χ2n) is 7.29. The monoisotopic (exact) mass is 462 g/mol. The maximum Gasteiger partial charge on any atom is 0.338 e. The van der Waals surface area contributed by atoms with E-state index < -0.39 is 28.5 Å². The molecule has 1 saturated heterocycles. The van der Waals surface area contributed by atoms with Crippen LogP contribution in [-0.4, -0.2) is 50.6 Å². The molecule has 0 atom stereocenters. The first-order valence-corrected chi connectivity index (χ1v) is 12.7. The molecule has 1 fully saturated rings. The van der Waals surface area contributed by atoms with Crippen LogP contribution in [0.2, 0.25) is 0 Å². The Morgan fingerprint density at radius 3 is 2.39 bits per heavy atom. The predicted molar refractivity (Wildman–Crippen MR) is 121 cm³/mol. The average molecular weight is 463 g/mol. The van der Waals surface area contributed by atoms with Gasteiger partial charge in [-0.1, -0.05) is 12.5 Å². The van der Waals surface area contributed by atoms with Gasteiger partial charge in [0.15, 0.2) is 6.61 Å². The lowest BCUT2D eigenvalue weighted by Crippen LogP contribution is -2.35. The molecule has 0 spiro atoms. The number of hydrogen-bond acceptors (Lipinski definition) is 6. The Morgan fingerprint density at radius 1 is 1.06 bits per heavy atom. The number of sulfonamides is 1. The molecule has 1 N–H and O–H groups in total. The fourth-order valence-corrected chi connectivity index (χ4v) is 5.27. The van der Waals surface area contributed by atoms with Gasteiger partial charge in [-0.3, -0.25) is 4.79 Å². The zero-order chi connectivity index (χ0) is 22.4. The first-order valence-electron chi connectivity index (χ1n) is 10.0. The van der Waals surface area contributed by atoms with Crippen LogP contribution in [0.15, 0.2) is 52.3 Å². The highest BCUT2D eigenvalue weighted by Crippen LogP contribution is 2.23. The molecule has 3 rings (SSSR count). The molecule has 0 bridgehead atoms. The van der Waals surface area contributed by atoms with Crippen molar-refractivity contribution in [2.45, 2.75) is 36.0 Å². The van der Waals surface area contributed by atoms with Crippen LogP contribution < -0.4 is 5.32 Å². The summed E-state index contributed by atoms with van der Waals surface area (Å²) in [4.78, 5) is 25.8. The van der Waals surface area contributed by atoms with E-state index in [1.165, 1.54) is 16.4 Å². The molecule has 9 heteroatoms. The number of nitrogens with one attached hydrogen (secondary N) is 1. The Hall–Kier alpha value is -2.36. The van der Waals surface area contributed by atoms with Gasteiger partial charge >= 0.3 is 5.97 Å². The van der Waals surface area contributed by atoms with E-state index in [0.717, 1.165) is 24.2 Å². The molecule has 0 unspecified atom stereocenters. The third-order valence-electron chi connectivity index (χ3n) is 5.09. The first kappa shape index (κ1) is 23.3. The van der Waals surface area contributed by atoms with E-state index in [1.807, 2.05) is 18.4 Å². The summed E-state index contributed by atoms with van der Waals surface area (Å²) in [6, 6.07) is 11.7. The van der Waals surface area contributed by atoms with Crippen molar-refractivity contribution in [2.75, 3.05) is 31.3 Å². The largest absolute Gasteiger partial charge is 0.452 e. The van der Waals surface area contributed by atoms with Gasteiger partial charge in [-0.05, 0) is 68.0 Å².